The van der Waals surface area contributed by atoms with Gasteiger partial charge < -0.3 is 5.11 Å². The van der Waals surface area contributed by atoms with Crippen LogP contribution in [0, 0.1) is 0 Å². The predicted molar refractivity (Wildman–Crippen MR) is 75.6 cm³/mol. The first-order valence-electron chi connectivity index (χ1n) is 6.09. The highest BCUT2D eigenvalue weighted by atomic mass is 32.2. The van der Waals surface area contributed by atoms with Crippen LogP contribution in [0.3, 0.4) is 0 Å². The van der Waals surface area contributed by atoms with Crippen molar-refractivity contribution in [2.24, 2.45) is 0 Å². The smallest absolute Gasteiger partial charge is 0.218 e. The van der Waals surface area contributed by atoms with E-state index in [1.165, 1.54) is 11.8 Å². The minimum atomic E-state index is -0.00389. The molecule has 0 unspecified atom stereocenters. The van der Waals surface area contributed by atoms with Crippen LogP contribution in [0.1, 0.15) is 5.56 Å². The molecule has 0 saturated heterocycles. The fraction of sp³-hybridized carbons (Fsp3) is 0.0714. The minimum Gasteiger partial charge on any atom is -0.392 e. The zero-order chi connectivity index (χ0) is 13.8. The lowest BCUT2D eigenvalue weighted by Crippen LogP contribution is -1.98. The van der Waals surface area contributed by atoms with E-state index in [-0.39, 0.29) is 6.61 Å². The number of benzene rings is 2. The summed E-state index contributed by atoms with van der Waals surface area (Å²) in [6.07, 6.45) is 0. The van der Waals surface area contributed by atoms with Gasteiger partial charge in [0.1, 0.15) is 0 Å². The van der Waals surface area contributed by atoms with Gasteiger partial charge in [0.15, 0.2) is 0 Å². The second-order valence-electron chi connectivity index (χ2n) is 4.08. The maximum Gasteiger partial charge on any atom is 0.218 e. The molecule has 0 atom stereocenters. The molecule has 0 spiro atoms. The highest BCUT2D eigenvalue weighted by Crippen LogP contribution is 2.29. The Morgan fingerprint density at radius 3 is 2.55 bits per heavy atom. The summed E-state index contributed by atoms with van der Waals surface area (Å²) in [5.41, 5.74) is 1.77. The second kappa shape index (κ2) is 5.85. The van der Waals surface area contributed by atoms with Crippen molar-refractivity contribution in [2.75, 3.05) is 0 Å². The van der Waals surface area contributed by atoms with Gasteiger partial charge in [-0.05, 0) is 46.0 Å². The Morgan fingerprint density at radius 1 is 1.00 bits per heavy atom. The van der Waals surface area contributed by atoms with E-state index in [1.807, 2.05) is 54.6 Å². The Kier molecular flexibility index (Phi) is 3.76. The van der Waals surface area contributed by atoms with E-state index in [0.29, 0.717) is 5.16 Å². The van der Waals surface area contributed by atoms with Gasteiger partial charge in [0.2, 0.25) is 5.16 Å². The van der Waals surface area contributed by atoms with Crippen LogP contribution in [0.15, 0.2) is 64.6 Å². The number of para-hydroxylation sites is 1. The molecule has 100 valence electrons. The maximum atomic E-state index is 9.36. The number of rotatable bonds is 4. The molecule has 5 nitrogen and oxygen atoms in total. The summed E-state index contributed by atoms with van der Waals surface area (Å²) < 4.78 is 1.68. The van der Waals surface area contributed by atoms with E-state index < -0.39 is 0 Å². The van der Waals surface area contributed by atoms with Gasteiger partial charge >= 0.3 is 0 Å². The van der Waals surface area contributed by atoms with Crippen LogP contribution in [0.2, 0.25) is 0 Å². The summed E-state index contributed by atoms with van der Waals surface area (Å²) in [5, 5.41) is 21.8. The molecular weight excluding hydrogens is 272 g/mol. The van der Waals surface area contributed by atoms with Gasteiger partial charge in [0.25, 0.3) is 0 Å². The van der Waals surface area contributed by atoms with E-state index in [2.05, 4.69) is 15.5 Å². The van der Waals surface area contributed by atoms with Gasteiger partial charge in [-0.2, -0.15) is 4.68 Å². The molecule has 1 aromatic heterocycles. The molecule has 1 heterocycles. The SMILES string of the molecule is OCc1ccccc1Sc1nnnn1-c1ccccc1. The van der Waals surface area contributed by atoms with Crippen molar-refractivity contribution in [3.63, 3.8) is 0 Å². The van der Waals surface area contributed by atoms with Crippen molar-refractivity contribution in [3.8, 4) is 5.69 Å². The Morgan fingerprint density at radius 2 is 1.75 bits per heavy atom. The van der Waals surface area contributed by atoms with Crippen molar-refractivity contribution in [2.45, 2.75) is 16.7 Å². The first-order chi connectivity index (χ1) is 9.88. The van der Waals surface area contributed by atoms with Crippen LogP contribution in [0.4, 0.5) is 0 Å². The van der Waals surface area contributed by atoms with Crippen LogP contribution in [-0.2, 0) is 6.61 Å². The van der Waals surface area contributed by atoms with Gasteiger partial charge in [-0.25, -0.2) is 0 Å². The lowest BCUT2D eigenvalue weighted by atomic mass is 10.2. The number of aliphatic hydroxyl groups is 1. The first-order valence-corrected chi connectivity index (χ1v) is 6.90. The van der Waals surface area contributed by atoms with Gasteiger partial charge in [0.05, 0.1) is 12.3 Å². The van der Waals surface area contributed by atoms with Crippen molar-refractivity contribution in [1.29, 1.82) is 0 Å². The molecular formula is C14H12N4OS. The molecule has 0 amide bonds. The Bertz CT molecular complexity index is 699. The highest BCUT2D eigenvalue weighted by Gasteiger charge is 2.11. The number of tetrazole rings is 1. The molecule has 3 aromatic rings. The minimum absolute atomic E-state index is 0.00389. The molecule has 1 N–H and O–H groups in total. The molecule has 0 saturated carbocycles. The van der Waals surface area contributed by atoms with Crippen molar-refractivity contribution < 1.29 is 5.11 Å². The first kappa shape index (κ1) is 12.8. The normalized spacial score (nSPS) is 10.7. The third-order valence-corrected chi connectivity index (χ3v) is 3.84. The monoisotopic (exact) mass is 284 g/mol. The zero-order valence-electron chi connectivity index (χ0n) is 10.5. The summed E-state index contributed by atoms with van der Waals surface area (Å²) >= 11 is 1.43. The van der Waals surface area contributed by atoms with Crippen molar-refractivity contribution >= 4 is 11.8 Å². The Hall–Kier alpha value is -2.18. The molecule has 6 heteroatoms. The molecule has 0 fully saturated rings. The van der Waals surface area contributed by atoms with E-state index in [9.17, 15) is 5.11 Å². The third-order valence-electron chi connectivity index (χ3n) is 2.79. The Labute approximate surface area is 120 Å². The largest absolute Gasteiger partial charge is 0.392 e. The van der Waals surface area contributed by atoms with Crippen LogP contribution >= 0.6 is 11.8 Å². The molecule has 2 aromatic carbocycles. The number of nitrogens with zero attached hydrogens (tertiary/aromatic N) is 4. The molecule has 0 radical (unpaired) electrons. The van der Waals surface area contributed by atoms with E-state index in [0.717, 1.165) is 16.1 Å². The summed E-state index contributed by atoms with van der Waals surface area (Å²) in [7, 11) is 0. The number of hydrogen-bond donors (Lipinski definition) is 1. The quantitative estimate of drug-likeness (QED) is 0.796. The fourth-order valence-electron chi connectivity index (χ4n) is 1.81. The summed E-state index contributed by atoms with van der Waals surface area (Å²) in [5.74, 6) is 0. The van der Waals surface area contributed by atoms with Crippen LogP contribution in [0.25, 0.3) is 5.69 Å². The van der Waals surface area contributed by atoms with E-state index >= 15 is 0 Å². The van der Waals surface area contributed by atoms with Crippen LogP contribution in [-0.4, -0.2) is 25.3 Å². The highest BCUT2D eigenvalue weighted by molar-refractivity contribution is 7.99. The standard InChI is InChI=1S/C14H12N4OS/c19-10-11-6-4-5-9-13(11)20-14-15-16-17-18(14)12-7-2-1-3-8-12/h1-9,19H,10H2. The summed E-state index contributed by atoms with van der Waals surface area (Å²) in [6.45, 7) is -0.00389. The predicted octanol–water partition coefficient (Wildman–Crippen LogP) is 2.31. The molecule has 0 bridgehead atoms. The average molecular weight is 284 g/mol. The van der Waals surface area contributed by atoms with Gasteiger partial charge in [0, 0.05) is 4.90 Å². The summed E-state index contributed by atoms with van der Waals surface area (Å²) in [6, 6.07) is 17.4. The van der Waals surface area contributed by atoms with Crippen molar-refractivity contribution in [1.82, 2.24) is 20.2 Å². The lowest BCUT2D eigenvalue weighted by Gasteiger charge is -2.06. The molecule has 20 heavy (non-hydrogen) atoms. The zero-order valence-corrected chi connectivity index (χ0v) is 11.4. The van der Waals surface area contributed by atoms with Gasteiger partial charge in [-0.15, -0.1) is 5.10 Å². The van der Waals surface area contributed by atoms with E-state index in [1.54, 1.807) is 4.68 Å². The topological polar surface area (TPSA) is 63.8 Å². The third kappa shape index (κ3) is 2.56. The molecule has 3 rings (SSSR count). The fourth-order valence-corrected chi connectivity index (χ4v) is 2.72. The molecule has 0 aliphatic carbocycles. The number of hydrogen-bond acceptors (Lipinski definition) is 5. The maximum absolute atomic E-state index is 9.36. The number of aromatic nitrogens is 4. The van der Waals surface area contributed by atoms with Gasteiger partial charge in [-0.3, -0.25) is 0 Å². The Balaban J connectivity index is 1.95. The average Bonchev–Trinajstić information content (AvgIpc) is 2.97. The van der Waals surface area contributed by atoms with Gasteiger partial charge in [-0.1, -0.05) is 36.4 Å². The lowest BCUT2D eigenvalue weighted by molar-refractivity contribution is 0.279. The molecule has 0 aliphatic heterocycles. The molecule has 0 aliphatic rings. The number of aliphatic hydroxyl groups excluding tert-OH is 1. The van der Waals surface area contributed by atoms with Crippen molar-refractivity contribution in [3.05, 3.63) is 60.2 Å². The summed E-state index contributed by atoms with van der Waals surface area (Å²) in [4.78, 5) is 0.946. The van der Waals surface area contributed by atoms with Crippen LogP contribution in [0.5, 0.6) is 0 Å². The van der Waals surface area contributed by atoms with Crippen LogP contribution < -0.4 is 0 Å². The second-order valence-corrected chi connectivity index (χ2v) is 5.09. The van der Waals surface area contributed by atoms with E-state index in [4.69, 9.17) is 0 Å².